The van der Waals surface area contributed by atoms with Gasteiger partial charge in [0.05, 0.1) is 29.0 Å². The van der Waals surface area contributed by atoms with Crippen LogP contribution in [0.25, 0.3) is 5.52 Å². The highest BCUT2D eigenvalue weighted by Crippen LogP contribution is 2.22. The number of carbonyl (C=O) groups excluding carboxylic acids is 1. The van der Waals surface area contributed by atoms with Gasteiger partial charge in [0.1, 0.15) is 0 Å². The number of aromatic nitrogens is 3. The summed E-state index contributed by atoms with van der Waals surface area (Å²) in [6.45, 7) is 6.20. The molecule has 3 aromatic rings. The van der Waals surface area contributed by atoms with Gasteiger partial charge in [-0.3, -0.25) is 4.79 Å². The van der Waals surface area contributed by atoms with E-state index in [2.05, 4.69) is 41.6 Å². The molecule has 0 fully saturated rings. The molecule has 5 nitrogen and oxygen atoms in total. The van der Waals surface area contributed by atoms with Gasteiger partial charge in [-0.1, -0.05) is 19.9 Å². The predicted octanol–water partition coefficient (Wildman–Crippen LogP) is 3.34. The number of nitrogens with one attached hydrogen (secondary N) is 1. The molecule has 118 valence electrons. The van der Waals surface area contributed by atoms with Crippen LogP contribution in [0, 0.1) is 6.92 Å². The minimum Gasteiger partial charge on any atom is -0.324 e. The predicted molar refractivity (Wildman–Crippen MR) is 90.6 cm³/mol. The molecule has 0 saturated heterocycles. The van der Waals surface area contributed by atoms with Crippen LogP contribution in [0.3, 0.4) is 0 Å². The van der Waals surface area contributed by atoms with Gasteiger partial charge in [0.2, 0.25) is 5.91 Å². The van der Waals surface area contributed by atoms with Crippen molar-refractivity contribution in [2.24, 2.45) is 0 Å². The van der Waals surface area contributed by atoms with Gasteiger partial charge in [0.25, 0.3) is 0 Å². The van der Waals surface area contributed by atoms with Crippen LogP contribution in [-0.2, 0) is 11.2 Å². The molecule has 0 aliphatic rings. The monoisotopic (exact) mass is 308 g/mol. The first-order chi connectivity index (χ1) is 11.0. The molecule has 0 spiro atoms. The van der Waals surface area contributed by atoms with Gasteiger partial charge in [-0.25, -0.2) is 0 Å². The van der Waals surface area contributed by atoms with E-state index in [1.807, 2.05) is 41.8 Å². The Kier molecular flexibility index (Phi) is 4.10. The first-order valence-electron chi connectivity index (χ1n) is 7.72. The number of hydrogen-bond acceptors (Lipinski definition) is 3. The minimum absolute atomic E-state index is 0.0933. The van der Waals surface area contributed by atoms with Gasteiger partial charge in [-0.2, -0.15) is 10.2 Å². The average molecular weight is 308 g/mol. The van der Waals surface area contributed by atoms with E-state index >= 15 is 0 Å². The van der Waals surface area contributed by atoms with Gasteiger partial charge in [0.15, 0.2) is 0 Å². The molecule has 0 unspecified atom stereocenters. The lowest BCUT2D eigenvalue weighted by molar-refractivity contribution is -0.115. The molecule has 0 aliphatic heterocycles. The Balaban J connectivity index is 1.76. The number of pyridine rings is 1. The van der Waals surface area contributed by atoms with E-state index in [-0.39, 0.29) is 12.3 Å². The van der Waals surface area contributed by atoms with Crippen LogP contribution in [0.2, 0.25) is 0 Å². The highest BCUT2D eigenvalue weighted by atomic mass is 16.1. The van der Waals surface area contributed by atoms with Gasteiger partial charge >= 0.3 is 0 Å². The lowest BCUT2D eigenvalue weighted by Gasteiger charge is -2.08. The van der Waals surface area contributed by atoms with E-state index in [0.717, 1.165) is 16.9 Å². The third-order valence-corrected chi connectivity index (χ3v) is 3.81. The van der Waals surface area contributed by atoms with Gasteiger partial charge in [-0.15, -0.1) is 0 Å². The summed E-state index contributed by atoms with van der Waals surface area (Å²) < 4.78 is 2.04. The second-order valence-corrected chi connectivity index (χ2v) is 6.03. The molecule has 0 radical (unpaired) electrons. The highest BCUT2D eigenvalue weighted by molar-refractivity contribution is 5.96. The number of aryl methyl sites for hydroxylation is 1. The van der Waals surface area contributed by atoms with E-state index in [9.17, 15) is 4.79 Å². The fourth-order valence-corrected chi connectivity index (χ4v) is 2.45. The van der Waals surface area contributed by atoms with Crippen molar-refractivity contribution in [1.29, 1.82) is 0 Å². The fraction of sp³-hybridized carbons (Fsp3) is 0.278. The molecule has 3 rings (SSSR count). The SMILES string of the molecule is Cc1ccc(CC(=O)Nc2ccn3cc(C(C)C)ccc23)nn1. The smallest absolute Gasteiger partial charge is 0.230 e. The summed E-state index contributed by atoms with van der Waals surface area (Å²) in [7, 11) is 0. The summed E-state index contributed by atoms with van der Waals surface area (Å²) in [5, 5.41) is 10.9. The van der Waals surface area contributed by atoms with Crippen molar-refractivity contribution in [3.8, 4) is 0 Å². The molecule has 3 heterocycles. The van der Waals surface area contributed by atoms with Crippen LogP contribution in [0.15, 0.2) is 42.7 Å². The molecule has 1 amide bonds. The standard InChI is InChI=1S/C18H20N4O/c1-12(2)14-5-7-17-16(8-9-22(17)11-14)19-18(23)10-15-6-4-13(3)20-21-15/h4-9,11-12H,10H2,1-3H3,(H,19,23). The minimum atomic E-state index is -0.0933. The van der Waals surface area contributed by atoms with E-state index < -0.39 is 0 Å². The number of rotatable bonds is 4. The first kappa shape index (κ1) is 15.2. The van der Waals surface area contributed by atoms with E-state index in [1.165, 1.54) is 5.56 Å². The van der Waals surface area contributed by atoms with Crippen molar-refractivity contribution in [1.82, 2.24) is 14.6 Å². The Morgan fingerprint density at radius 3 is 2.70 bits per heavy atom. The van der Waals surface area contributed by atoms with Crippen molar-refractivity contribution in [2.75, 3.05) is 5.32 Å². The van der Waals surface area contributed by atoms with Crippen LogP contribution < -0.4 is 5.32 Å². The number of amides is 1. The van der Waals surface area contributed by atoms with Crippen LogP contribution in [-0.4, -0.2) is 20.5 Å². The van der Waals surface area contributed by atoms with Crippen molar-refractivity contribution in [3.05, 3.63) is 59.7 Å². The van der Waals surface area contributed by atoms with Crippen molar-refractivity contribution >= 4 is 17.1 Å². The Hall–Kier alpha value is -2.69. The third kappa shape index (κ3) is 3.39. The summed E-state index contributed by atoms with van der Waals surface area (Å²) in [6.07, 6.45) is 4.28. The first-order valence-corrected chi connectivity index (χ1v) is 7.72. The Labute approximate surface area is 135 Å². The molecular formula is C18H20N4O. The molecule has 3 aromatic heterocycles. The summed E-state index contributed by atoms with van der Waals surface area (Å²) in [5.74, 6) is 0.379. The Morgan fingerprint density at radius 1 is 1.17 bits per heavy atom. The van der Waals surface area contributed by atoms with Gasteiger partial charge in [-0.05, 0) is 42.7 Å². The number of hydrogen-bond donors (Lipinski definition) is 1. The second kappa shape index (κ2) is 6.20. The van der Waals surface area contributed by atoms with E-state index in [4.69, 9.17) is 0 Å². The van der Waals surface area contributed by atoms with Gasteiger partial charge in [0, 0.05) is 12.4 Å². The summed E-state index contributed by atoms with van der Waals surface area (Å²) in [6, 6.07) is 9.74. The highest BCUT2D eigenvalue weighted by Gasteiger charge is 2.10. The average Bonchev–Trinajstić information content (AvgIpc) is 2.92. The number of nitrogens with zero attached hydrogens (tertiary/aromatic N) is 3. The molecule has 0 saturated carbocycles. The normalized spacial score (nSPS) is 11.1. The Bertz CT molecular complexity index is 834. The molecule has 23 heavy (non-hydrogen) atoms. The van der Waals surface area contributed by atoms with Crippen LogP contribution in [0.5, 0.6) is 0 Å². The zero-order chi connectivity index (χ0) is 16.4. The van der Waals surface area contributed by atoms with Crippen LogP contribution in [0.1, 0.15) is 36.7 Å². The summed E-state index contributed by atoms with van der Waals surface area (Å²) in [5.41, 5.74) is 4.57. The summed E-state index contributed by atoms with van der Waals surface area (Å²) >= 11 is 0. The molecule has 0 atom stereocenters. The molecule has 0 aromatic carbocycles. The van der Waals surface area contributed by atoms with Crippen LogP contribution >= 0.6 is 0 Å². The maximum absolute atomic E-state index is 12.2. The third-order valence-electron chi connectivity index (χ3n) is 3.81. The van der Waals surface area contributed by atoms with E-state index in [0.29, 0.717) is 11.6 Å². The van der Waals surface area contributed by atoms with E-state index in [1.54, 1.807) is 0 Å². The van der Waals surface area contributed by atoms with Crippen molar-refractivity contribution in [2.45, 2.75) is 33.1 Å². The lowest BCUT2D eigenvalue weighted by atomic mass is 10.1. The molecule has 5 heteroatoms. The maximum Gasteiger partial charge on any atom is 0.230 e. The van der Waals surface area contributed by atoms with Crippen LogP contribution in [0.4, 0.5) is 5.69 Å². The zero-order valence-corrected chi connectivity index (χ0v) is 13.6. The molecule has 0 bridgehead atoms. The molecule has 1 N–H and O–H groups in total. The summed E-state index contributed by atoms with van der Waals surface area (Å²) in [4.78, 5) is 12.2. The Morgan fingerprint density at radius 2 is 2.00 bits per heavy atom. The zero-order valence-electron chi connectivity index (χ0n) is 13.6. The van der Waals surface area contributed by atoms with Gasteiger partial charge < -0.3 is 9.72 Å². The quantitative estimate of drug-likeness (QED) is 0.804. The maximum atomic E-state index is 12.2. The molecular weight excluding hydrogens is 288 g/mol. The number of carbonyl (C=O) groups is 1. The second-order valence-electron chi connectivity index (χ2n) is 6.03. The fourth-order valence-electron chi connectivity index (χ4n) is 2.45. The number of fused-ring (bicyclic) bond motifs is 1. The number of anilines is 1. The van der Waals surface area contributed by atoms with Crippen molar-refractivity contribution < 1.29 is 4.79 Å². The topological polar surface area (TPSA) is 59.3 Å². The molecule has 0 aliphatic carbocycles. The largest absolute Gasteiger partial charge is 0.324 e. The lowest BCUT2D eigenvalue weighted by Crippen LogP contribution is -2.15. The van der Waals surface area contributed by atoms with Crippen molar-refractivity contribution in [3.63, 3.8) is 0 Å².